The van der Waals surface area contributed by atoms with Crippen molar-refractivity contribution < 1.29 is 0 Å². The van der Waals surface area contributed by atoms with Crippen LogP contribution in [0.1, 0.15) is 5.56 Å². The first kappa shape index (κ1) is 16.3. The Kier molecular flexibility index (Phi) is 4.02. The van der Waals surface area contributed by atoms with Crippen LogP contribution in [0.4, 0.5) is 0 Å². The number of hydrogen-bond acceptors (Lipinski definition) is 2. The predicted octanol–water partition coefficient (Wildman–Crippen LogP) is 5.65. The normalized spacial score (nSPS) is 10.9. The van der Waals surface area contributed by atoms with Gasteiger partial charge in [0.2, 0.25) is 0 Å². The second kappa shape index (κ2) is 6.67. The minimum atomic E-state index is -0.629. The number of benzene rings is 3. The number of aromatic nitrogens is 1. The molecule has 2 aromatic heterocycles. The van der Waals surface area contributed by atoms with Crippen LogP contribution in [0.2, 0.25) is 0 Å². The van der Waals surface area contributed by atoms with Crippen LogP contribution in [0, 0.1) is 11.3 Å². The van der Waals surface area contributed by atoms with Gasteiger partial charge in [-0.05, 0) is 0 Å². The van der Waals surface area contributed by atoms with Crippen LogP contribution >= 0.6 is 0 Å². The molecule has 0 aliphatic carbocycles. The van der Waals surface area contributed by atoms with Gasteiger partial charge in [0.15, 0.2) is 0 Å². The van der Waals surface area contributed by atoms with E-state index in [1.54, 1.807) is 0 Å². The van der Waals surface area contributed by atoms with Crippen molar-refractivity contribution in [3.63, 3.8) is 0 Å². The summed E-state index contributed by atoms with van der Waals surface area (Å²) in [5, 5.41) is 12.3. The standard InChI is InChI=1S/C24H14N2Te/c25-15-17-12-13-19-18-9-6-10-20(21-11-4-5-14-26-21)23(18)27-24(19)22(17)16-7-2-1-3-8-16/h1-14H. The molecule has 0 fully saturated rings. The molecule has 27 heavy (non-hydrogen) atoms. The topological polar surface area (TPSA) is 36.7 Å². The molecule has 0 atom stereocenters. The van der Waals surface area contributed by atoms with Gasteiger partial charge in [-0.1, -0.05) is 0 Å². The summed E-state index contributed by atoms with van der Waals surface area (Å²) < 4.78 is 2.79. The van der Waals surface area contributed by atoms with Crippen LogP contribution in [0.25, 0.3) is 40.0 Å². The van der Waals surface area contributed by atoms with E-state index in [4.69, 9.17) is 0 Å². The summed E-state index contributed by atoms with van der Waals surface area (Å²) in [6, 6.07) is 29.4. The Labute approximate surface area is 167 Å². The zero-order chi connectivity index (χ0) is 18.2. The van der Waals surface area contributed by atoms with Crippen molar-refractivity contribution in [3.8, 4) is 28.5 Å². The summed E-state index contributed by atoms with van der Waals surface area (Å²) >= 11 is -0.629. The fourth-order valence-electron chi connectivity index (χ4n) is 3.57. The van der Waals surface area contributed by atoms with Crippen molar-refractivity contribution in [3.05, 3.63) is 90.6 Å². The number of nitrogens with zero attached hydrogens (tertiary/aromatic N) is 2. The molecule has 5 aromatic rings. The van der Waals surface area contributed by atoms with E-state index in [1.165, 1.54) is 23.1 Å². The van der Waals surface area contributed by atoms with Crippen LogP contribution in [-0.4, -0.2) is 25.4 Å². The molecule has 0 aliphatic heterocycles. The van der Waals surface area contributed by atoms with Gasteiger partial charge in [0.1, 0.15) is 0 Å². The number of hydrogen-bond donors (Lipinski definition) is 0. The maximum absolute atomic E-state index is 9.72. The molecule has 0 N–H and O–H groups in total. The molecule has 2 nitrogen and oxygen atoms in total. The summed E-state index contributed by atoms with van der Waals surface area (Å²) in [5.41, 5.74) is 5.25. The molecule has 0 saturated carbocycles. The first-order valence-electron chi connectivity index (χ1n) is 8.72. The van der Waals surface area contributed by atoms with Gasteiger partial charge >= 0.3 is 167 Å². The Morgan fingerprint density at radius 2 is 1.56 bits per heavy atom. The van der Waals surface area contributed by atoms with Gasteiger partial charge in [-0.25, -0.2) is 0 Å². The number of fused-ring (bicyclic) bond motifs is 3. The molecule has 0 radical (unpaired) electrons. The SMILES string of the molecule is N#Cc1ccc2c([te]c3c(-c4ccccn4)cccc32)c1-c1ccccc1. The molecule has 3 aromatic carbocycles. The van der Waals surface area contributed by atoms with E-state index in [2.05, 4.69) is 53.5 Å². The zero-order valence-corrected chi connectivity index (χ0v) is 16.7. The van der Waals surface area contributed by atoms with Crippen LogP contribution in [0.5, 0.6) is 0 Å². The molecule has 2 heterocycles. The summed E-state index contributed by atoms with van der Waals surface area (Å²) in [6.45, 7) is 0. The summed E-state index contributed by atoms with van der Waals surface area (Å²) in [4.78, 5) is 4.57. The van der Waals surface area contributed by atoms with Crippen molar-refractivity contribution in [2.75, 3.05) is 0 Å². The van der Waals surface area contributed by atoms with Gasteiger partial charge in [0, 0.05) is 0 Å². The molecule has 0 amide bonds. The first-order valence-corrected chi connectivity index (χ1v) is 11.0. The molecule has 0 bridgehead atoms. The molecular weight excluding hydrogens is 444 g/mol. The fourth-order valence-corrected chi connectivity index (χ4v) is 7.54. The van der Waals surface area contributed by atoms with E-state index in [0.29, 0.717) is 0 Å². The van der Waals surface area contributed by atoms with Gasteiger partial charge in [0.25, 0.3) is 0 Å². The Morgan fingerprint density at radius 1 is 0.741 bits per heavy atom. The molecule has 126 valence electrons. The zero-order valence-electron chi connectivity index (χ0n) is 14.4. The average molecular weight is 458 g/mol. The molecule has 5 rings (SSSR count). The maximum atomic E-state index is 9.72. The van der Waals surface area contributed by atoms with E-state index >= 15 is 0 Å². The Bertz CT molecular complexity index is 1310. The molecular formula is C24H14N2Te. The minimum absolute atomic E-state index is 0.629. The van der Waals surface area contributed by atoms with E-state index in [-0.39, 0.29) is 0 Å². The van der Waals surface area contributed by atoms with Crippen molar-refractivity contribution >= 4 is 38.0 Å². The number of nitriles is 1. The summed E-state index contributed by atoms with van der Waals surface area (Å²) in [5.74, 6) is 0. The molecule has 0 saturated heterocycles. The van der Waals surface area contributed by atoms with Gasteiger partial charge in [-0.3, -0.25) is 0 Å². The van der Waals surface area contributed by atoms with Crippen LogP contribution < -0.4 is 0 Å². The van der Waals surface area contributed by atoms with E-state index in [0.717, 1.165) is 22.4 Å². The predicted molar refractivity (Wildman–Crippen MR) is 112 cm³/mol. The summed E-state index contributed by atoms with van der Waals surface area (Å²) in [6.07, 6.45) is 1.85. The molecule has 3 heteroatoms. The second-order valence-electron chi connectivity index (χ2n) is 6.34. The Balaban J connectivity index is 1.90. The molecule has 0 unspecified atom stereocenters. The van der Waals surface area contributed by atoms with E-state index < -0.39 is 20.4 Å². The average Bonchev–Trinajstić information content (AvgIpc) is 3.13. The van der Waals surface area contributed by atoms with Crippen molar-refractivity contribution in [2.24, 2.45) is 0 Å². The fraction of sp³-hybridized carbons (Fsp3) is 0. The van der Waals surface area contributed by atoms with Crippen LogP contribution in [0.15, 0.2) is 85.1 Å². The van der Waals surface area contributed by atoms with Gasteiger partial charge in [-0.2, -0.15) is 0 Å². The van der Waals surface area contributed by atoms with Crippen LogP contribution in [0.3, 0.4) is 0 Å². The quantitative estimate of drug-likeness (QED) is 0.321. The number of pyridine rings is 1. The van der Waals surface area contributed by atoms with E-state index in [1.807, 2.05) is 42.6 Å². The number of rotatable bonds is 2. The van der Waals surface area contributed by atoms with Crippen molar-refractivity contribution in [2.45, 2.75) is 0 Å². The van der Waals surface area contributed by atoms with E-state index in [9.17, 15) is 5.26 Å². The third kappa shape index (κ3) is 2.66. The molecule has 0 spiro atoms. The third-order valence-corrected chi connectivity index (χ3v) is 8.42. The molecule has 0 aliphatic rings. The Hall–Kier alpha value is -2.91. The van der Waals surface area contributed by atoms with Gasteiger partial charge < -0.3 is 0 Å². The van der Waals surface area contributed by atoms with Crippen LogP contribution in [-0.2, 0) is 0 Å². The van der Waals surface area contributed by atoms with Gasteiger partial charge in [0.05, 0.1) is 0 Å². The van der Waals surface area contributed by atoms with Crippen molar-refractivity contribution in [1.29, 1.82) is 5.26 Å². The van der Waals surface area contributed by atoms with Gasteiger partial charge in [-0.15, -0.1) is 0 Å². The third-order valence-electron chi connectivity index (χ3n) is 4.79. The second-order valence-corrected chi connectivity index (χ2v) is 9.25. The monoisotopic (exact) mass is 460 g/mol. The Morgan fingerprint density at radius 3 is 2.33 bits per heavy atom. The summed E-state index contributed by atoms with van der Waals surface area (Å²) in [7, 11) is 0. The van der Waals surface area contributed by atoms with Crippen molar-refractivity contribution in [1.82, 2.24) is 4.98 Å². The first-order chi connectivity index (χ1) is 13.4.